The number of carbonyl (C=O) groups is 2. The van der Waals surface area contributed by atoms with Gasteiger partial charge in [-0.25, -0.2) is 4.90 Å². The second-order valence-electron chi connectivity index (χ2n) is 5.86. The molecule has 0 radical (unpaired) electrons. The Bertz CT molecular complexity index is 746. The maximum atomic E-state index is 12.5. The van der Waals surface area contributed by atoms with Crippen LogP contribution in [-0.2, 0) is 9.59 Å². The Hall–Kier alpha value is -2.70. The molecule has 1 aliphatic rings. The summed E-state index contributed by atoms with van der Waals surface area (Å²) in [7, 11) is 1.55. The fourth-order valence-corrected chi connectivity index (χ4v) is 2.84. The van der Waals surface area contributed by atoms with Crippen LogP contribution in [0.5, 0.6) is 5.75 Å². The van der Waals surface area contributed by atoms with Gasteiger partial charge in [0.15, 0.2) is 0 Å². The number of benzene rings is 2. The summed E-state index contributed by atoms with van der Waals surface area (Å²) in [5.74, 6) is 0.0841. The molecule has 2 aromatic carbocycles. The zero-order valence-electron chi connectivity index (χ0n) is 13.9. The van der Waals surface area contributed by atoms with Gasteiger partial charge in [0.25, 0.3) is 5.91 Å². The van der Waals surface area contributed by atoms with Crippen LogP contribution in [0.3, 0.4) is 0 Å². The third-order valence-electron chi connectivity index (χ3n) is 4.22. The number of imide groups is 1. The predicted octanol–water partition coefficient (Wildman–Crippen LogP) is 1.65. The molecule has 2 amide bonds. The van der Waals surface area contributed by atoms with Gasteiger partial charge in [0.05, 0.1) is 31.4 Å². The van der Waals surface area contributed by atoms with Gasteiger partial charge >= 0.3 is 0 Å². The van der Waals surface area contributed by atoms with Gasteiger partial charge in [0.1, 0.15) is 5.75 Å². The smallest absolute Gasteiger partial charge is 0.251 e. The number of ether oxygens (including phenoxy) is 1. The van der Waals surface area contributed by atoms with Crippen molar-refractivity contribution in [3.05, 3.63) is 60.2 Å². The van der Waals surface area contributed by atoms with E-state index in [1.807, 2.05) is 30.3 Å². The lowest BCUT2D eigenvalue weighted by atomic mass is 10.1. The topological polar surface area (TPSA) is 78.9 Å². The highest BCUT2D eigenvalue weighted by Gasteiger charge is 2.39. The number of hydrogen-bond acceptors (Lipinski definition) is 5. The van der Waals surface area contributed by atoms with Gasteiger partial charge in [-0.3, -0.25) is 9.59 Å². The van der Waals surface area contributed by atoms with E-state index in [-0.39, 0.29) is 24.8 Å². The molecule has 1 heterocycles. The summed E-state index contributed by atoms with van der Waals surface area (Å²) >= 11 is 0. The van der Waals surface area contributed by atoms with E-state index in [2.05, 4.69) is 5.32 Å². The number of nitrogens with zero attached hydrogens (tertiary/aromatic N) is 1. The minimum atomic E-state index is -0.737. The second kappa shape index (κ2) is 7.46. The molecule has 0 unspecified atom stereocenters. The van der Waals surface area contributed by atoms with Crippen LogP contribution in [-0.4, -0.2) is 36.6 Å². The largest absolute Gasteiger partial charge is 0.497 e. The van der Waals surface area contributed by atoms with Crippen LogP contribution in [0.15, 0.2) is 54.6 Å². The van der Waals surface area contributed by atoms with E-state index in [1.54, 1.807) is 31.4 Å². The standard InChI is InChI=1S/C19H20N2O4/c1-25-15-9-7-14(8-10-15)21-18(23)11-16(19(21)24)20-12-17(22)13-5-3-2-4-6-13/h2-10,16-17,20,22H,11-12H2,1H3/t16-,17+/m0/s1. The molecule has 1 saturated heterocycles. The molecular formula is C19H20N2O4. The molecule has 0 spiro atoms. The molecule has 2 atom stereocenters. The first-order chi connectivity index (χ1) is 12.1. The number of anilines is 1. The van der Waals surface area contributed by atoms with Gasteiger partial charge in [-0.05, 0) is 29.8 Å². The number of methoxy groups -OCH3 is 1. The Labute approximate surface area is 146 Å². The number of nitrogens with one attached hydrogen (secondary N) is 1. The van der Waals surface area contributed by atoms with Crippen molar-refractivity contribution in [3.63, 3.8) is 0 Å². The third kappa shape index (κ3) is 3.70. The highest BCUT2D eigenvalue weighted by atomic mass is 16.5. The van der Waals surface area contributed by atoms with Gasteiger partial charge < -0.3 is 15.2 Å². The van der Waals surface area contributed by atoms with Crippen LogP contribution >= 0.6 is 0 Å². The lowest BCUT2D eigenvalue weighted by Crippen LogP contribution is -2.40. The molecule has 1 aliphatic heterocycles. The van der Waals surface area contributed by atoms with Crippen molar-refractivity contribution >= 4 is 17.5 Å². The van der Waals surface area contributed by atoms with Crippen molar-refractivity contribution in [2.24, 2.45) is 0 Å². The first-order valence-electron chi connectivity index (χ1n) is 8.07. The van der Waals surface area contributed by atoms with Crippen LogP contribution < -0.4 is 15.0 Å². The van der Waals surface area contributed by atoms with Gasteiger partial charge in [-0.1, -0.05) is 30.3 Å². The van der Waals surface area contributed by atoms with Gasteiger partial charge in [-0.2, -0.15) is 0 Å². The Morgan fingerprint density at radius 2 is 1.84 bits per heavy atom. The van der Waals surface area contributed by atoms with E-state index in [9.17, 15) is 14.7 Å². The summed E-state index contributed by atoms with van der Waals surface area (Å²) in [6, 6.07) is 15.3. The molecule has 0 bridgehead atoms. The minimum absolute atomic E-state index is 0.0758. The highest BCUT2D eigenvalue weighted by molar-refractivity contribution is 6.22. The van der Waals surface area contributed by atoms with Crippen molar-refractivity contribution in [3.8, 4) is 5.75 Å². The normalized spacial score (nSPS) is 18.5. The van der Waals surface area contributed by atoms with Gasteiger partial charge in [0.2, 0.25) is 5.91 Å². The summed E-state index contributed by atoms with van der Waals surface area (Å²) in [4.78, 5) is 26.0. The molecule has 2 N–H and O–H groups in total. The Morgan fingerprint density at radius 3 is 2.48 bits per heavy atom. The number of carbonyl (C=O) groups excluding carboxylic acids is 2. The number of hydrogen-bond donors (Lipinski definition) is 2. The quantitative estimate of drug-likeness (QED) is 0.782. The first-order valence-corrected chi connectivity index (χ1v) is 8.07. The van der Waals surface area contributed by atoms with E-state index < -0.39 is 12.1 Å². The molecule has 1 fully saturated rings. The van der Waals surface area contributed by atoms with Crippen molar-refractivity contribution in [1.29, 1.82) is 0 Å². The molecule has 6 nitrogen and oxygen atoms in total. The second-order valence-corrected chi connectivity index (χ2v) is 5.86. The summed E-state index contributed by atoms with van der Waals surface area (Å²) < 4.78 is 5.09. The van der Waals surface area contributed by atoms with Crippen LogP contribution in [0.1, 0.15) is 18.1 Å². The molecule has 0 aliphatic carbocycles. The lowest BCUT2D eigenvalue weighted by molar-refractivity contribution is -0.121. The van der Waals surface area contributed by atoms with E-state index in [1.165, 1.54) is 4.90 Å². The summed E-state index contributed by atoms with van der Waals surface area (Å²) in [5.41, 5.74) is 1.28. The van der Waals surface area contributed by atoms with E-state index in [4.69, 9.17) is 4.74 Å². The minimum Gasteiger partial charge on any atom is -0.497 e. The fourth-order valence-electron chi connectivity index (χ4n) is 2.84. The third-order valence-corrected chi connectivity index (χ3v) is 4.22. The number of amides is 2. The predicted molar refractivity (Wildman–Crippen MR) is 93.3 cm³/mol. The van der Waals surface area contributed by atoms with Crippen molar-refractivity contribution in [2.45, 2.75) is 18.6 Å². The Balaban J connectivity index is 1.64. The van der Waals surface area contributed by atoms with E-state index >= 15 is 0 Å². The average molecular weight is 340 g/mol. The SMILES string of the molecule is COc1ccc(N2C(=O)C[C@H](NC[C@@H](O)c3ccccc3)C2=O)cc1. The maximum absolute atomic E-state index is 12.5. The molecule has 25 heavy (non-hydrogen) atoms. The van der Waals surface area contributed by atoms with Crippen LogP contribution in [0.2, 0.25) is 0 Å². The molecule has 2 aromatic rings. The molecule has 3 rings (SSSR count). The number of aliphatic hydroxyl groups excluding tert-OH is 1. The zero-order chi connectivity index (χ0) is 17.8. The van der Waals surface area contributed by atoms with Crippen molar-refractivity contribution in [2.75, 3.05) is 18.6 Å². The van der Waals surface area contributed by atoms with Crippen LogP contribution in [0, 0.1) is 0 Å². The van der Waals surface area contributed by atoms with Crippen molar-refractivity contribution in [1.82, 2.24) is 5.32 Å². The zero-order valence-corrected chi connectivity index (χ0v) is 13.9. The van der Waals surface area contributed by atoms with Crippen molar-refractivity contribution < 1.29 is 19.4 Å². The van der Waals surface area contributed by atoms with Gasteiger partial charge in [0, 0.05) is 6.54 Å². The monoisotopic (exact) mass is 340 g/mol. The number of aliphatic hydroxyl groups is 1. The number of rotatable bonds is 6. The van der Waals surface area contributed by atoms with Gasteiger partial charge in [-0.15, -0.1) is 0 Å². The van der Waals surface area contributed by atoms with Crippen LogP contribution in [0.25, 0.3) is 0 Å². The average Bonchev–Trinajstić information content (AvgIpc) is 2.94. The maximum Gasteiger partial charge on any atom is 0.251 e. The molecule has 6 heteroatoms. The first kappa shape index (κ1) is 17.1. The summed E-state index contributed by atoms with van der Waals surface area (Å²) in [5, 5.41) is 13.2. The van der Waals surface area contributed by atoms with Crippen LogP contribution in [0.4, 0.5) is 5.69 Å². The summed E-state index contributed by atoms with van der Waals surface area (Å²) in [6.07, 6.45) is -0.661. The highest BCUT2D eigenvalue weighted by Crippen LogP contribution is 2.25. The molecule has 0 saturated carbocycles. The molecule has 130 valence electrons. The Morgan fingerprint density at radius 1 is 1.16 bits per heavy atom. The molecular weight excluding hydrogens is 320 g/mol. The Kier molecular flexibility index (Phi) is 5.11. The molecule has 0 aromatic heterocycles. The lowest BCUT2D eigenvalue weighted by Gasteiger charge is -2.17. The van der Waals surface area contributed by atoms with E-state index in [0.29, 0.717) is 11.4 Å². The summed E-state index contributed by atoms with van der Waals surface area (Å²) in [6.45, 7) is 0.199. The van der Waals surface area contributed by atoms with E-state index in [0.717, 1.165) is 5.56 Å². The fraction of sp³-hybridized carbons (Fsp3) is 0.263.